The number of halogens is 2. The maximum absolute atomic E-state index is 13.6. The van der Waals surface area contributed by atoms with E-state index >= 15 is 0 Å². The SMILES string of the molecule is NC(=O)Cc1cc(F)cc2cn(-c3ccc(Br)cc3)nc12. The third-order valence-electron chi connectivity index (χ3n) is 3.11. The Kier molecular flexibility index (Phi) is 3.47. The zero-order chi connectivity index (χ0) is 15.0. The van der Waals surface area contributed by atoms with Crippen molar-refractivity contribution >= 4 is 32.7 Å². The maximum atomic E-state index is 13.6. The van der Waals surface area contributed by atoms with Crippen LogP contribution in [0.3, 0.4) is 0 Å². The van der Waals surface area contributed by atoms with E-state index in [0.717, 1.165) is 10.2 Å². The van der Waals surface area contributed by atoms with Crippen molar-refractivity contribution in [1.82, 2.24) is 9.78 Å². The van der Waals surface area contributed by atoms with Gasteiger partial charge in [0.05, 0.1) is 17.6 Å². The van der Waals surface area contributed by atoms with E-state index < -0.39 is 11.7 Å². The fourth-order valence-electron chi connectivity index (χ4n) is 2.22. The van der Waals surface area contributed by atoms with E-state index in [1.54, 1.807) is 10.9 Å². The molecule has 4 nitrogen and oxygen atoms in total. The smallest absolute Gasteiger partial charge is 0.221 e. The number of fused-ring (bicyclic) bond motifs is 1. The van der Waals surface area contributed by atoms with Gasteiger partial charge in [-0.1, -0.05) is 15.9 Å². The molecule has 0 unspecified atom stereocenters. The van der Waals surface area contributed by atoms with Gasteiger partial charge in [-0.05, 0) is 42.0 Å². The number of rotatable bonds is 3. The molecule has 3 aromatic rings. The third-order valence-corrected chi connectivity index (χ3v) is 3.64. The molecule has 0 fully saturated rings. The van der Waals surface area contributed by atoms with Crippen LogP contribution in [-0.4, -0.2) is 15.7 Å². The van der Waals surface area contributed by atoms with Crippen molar-refractivity contribution in [3.8, 4) is 5.69 Å². The quantitative estimate of drug-likeness (QED) is 0.791. The number of benzene rings is 2. The summed E-state index contributed by atoms with van der Waals surface area (Å²) in [5.41, 5.74) is 7.12. The number of nitrogens with two attached hydrogens (primary N) is 1. The van der Waals surface area contributed by atoms with Gasteiger partial charge in [0.25, 0.3) is 0 Å². The van der Waals surface area contributed by atoms with E-state index in [-0.39, 0.29) is 6.42 Å². The average Bonchev–Trinajstić information content (AvgIpc) is 2.82. The summed E-state index contributed by atoms with van der Waals surface area (Å²) in [6.07, 6.45) is 1.69. The van der Waals surface area contributed by atoms with E-state index in [1.807, 2.05) is 24.3 Å². The zero-order valence-corrected chi connectivity index (χ0v) is 12.5. The number of nitrogens with zero attached hydrogens (tertiary/aromatic N) is 2. The highest BCUT2D eigenvalue weighted by molar-refractivity contribution is 9.10. The Bertz CT molecular complexity index is 827. The van der Waals surface area contributed by atoms with Crippen molar-refractivity contribution in [2.24, 2.45) is 5.73 Å². The first kappa shape index (κ1) is 13.8. The van der Waals surface area contributed by atoms with Gasteiger partial charge in [-0.3, -0.25) is 4.79 Å². The molecule has 0 spiro atoms. The Morgan fingerprint density at radius 3 is 2.67 bits per heavy atom. The second kappa shape index (κ2) is 5.29. The molecule has 0 atom stereocenters. The van der Waals surface area contributed by atoms with E-state index in [9.17, 15) is 9.18 Å². The normalized spacial score (nSPS) is 11.0. The topological polar surface area (TPSA) is 60.9 Å². The molecule has 0 aliphatic heterocycles. The van der Waals surface area contributed by atoms with Crippen LogP contribution in [0, 0.1) is 5.82 Å². The predicted molar refractivity (Wildman–Crippen MR) is 81.6 cm³/mol. The highest BCUT2D eigenvalue weighted by atomic mass is 79.9. The summed E-state index contributed by atoms with van der Waals surface area (Å²) in [6.45, 7) is 0. The van der Waals surface area contributed by atoms with Crippen LogP contribution in [0.2, 0.25) is 0 Å². The molecule has 3 rings (SSSR count). The van der Waals surface area contributed by atoms with Gasteiger partial charge in [0.1, 0.15) is 5.82 Å². The molecule has 0 saturated carbocycles. The Morgan fingerprint density at radius 1 is 1.29 bits per heavy atom. The lowest BCUT2D eigenvalue weighted by Gasteiger charge is -2.01. The van der Waals surface area contributed by atoms with Crippen LogP contribution in [0.5, 0.6) is 0 Å². The average molecular weight is 348 g/mol. The Labute approximate surface area is 128 Å². The second-order valence-corrected chi connectivity index (χ2v) is 5.61. The maximum Gasteiger partial charge on any atom is 0.221 e. The molecule has 1 amide bonds. The summed E-state index contributed by atoms with van der Waals surface area (Å²) in [6, 6.07) is 10.3. The number of hydrogen-bond acceptors (Lipinski definition) is 2. The van der Waals surface area contributed by atoms with Crippen molar-refractivity contribution in [3.63, 3.8) is 0 Å². The number of carbonyl (C=O) groups is 1. The van der Waals surface area contributed by atoms with E-state index in [0.29, 0.717) is 16.5 Å². The standard InChI is InChI=1S/C15H11BrFN3O/c16-11-1-3-13(4-2-11)20-8-10-6-12(17)5-9(7-14(18)21)15(10)19-20/h1-6,8H,7H2,(H2,18,21). The van der Waals surface area contributed by atoms with E-state index in [2.05, 4.69) is 21.0 Å². The van der Waals surface area contributed by atoms with Crippen LogP contribution in [0.4, 0.5) is 4.39 Å². The Balaban J connectivity index is 2.14. The Hall–Kier alpha value is -2.21. The number of primary amides is 1. The first-order valence-electron chi connectivity index (χ1n) is 6.25. The van der Waals surface area contributed by atoms with Crippen molar-refractivity contribution in [3.05, 3.63) is 58.4 Å². The fraction of sp³-hybridized carbons (Fsp3) is 0.0667. The lowest BCUT2D eigenvalue weighted by Crippen LogP contribution is -2.14. The van der Waals surface area contributed by atoms with Gasteiger partial charge in [-0.2, -0.15) is 5.10 Å². The molecule has 0 aliphatic rings. The van der Waals surface area contributed by atoms with Crippen LogP contribution < -0.4 is 5.73 Å². The summed E-state index contributed by atoms with van der Waals surface area (Å²) in [5, 5.41) is 5.07. The largest absolute Gasteiger partial charge is 0.369 e. The molecule has 0 aliphatic carbocycles. The Morgan fingerprint density at radius 2 is 2.00 bits per heavy atom. The lowest BCUT2D eigenvalue weighted by molar-refractivity contribution is -0.117. The summed E-state index contributed by atoms with van der Waals surface area (Å²) < 4.78 is 16.2. The number of amides is 1. The number of carbonyl (C=O) groups excluding carboxylic acids is 1. The molecule has 0 bridgehead atoms. The zero-order valence-electron chi connectivity index (χ0n) is 10.9. The molecule has 6 heteroatoms. The summed E-state index contributed by atoms with van der Waals surface area (Å²) in [4.78, 5) is 11.1. The summed E-state index contributed by atoms with van der Waals surface area (Å²) >= 11 is 3.37. The minimum atomic E-state index is -0.514. The van der Waals surface area contributed by atoms with Gasteiger partial charge >= 0.3 is 0 Å². The van der Waals surface area contributed by atoms with Crippen LogP contribution in [0.15, 0.2) is 47.1 Å². The van der Waals surface area contributed by atoms with Gasteiger partial charge in [0, 0.05) is 16.1 Å². The molecule has 1 heterocycles. The van der Waals surface area contributed by atoms with Crippen LogP contribution in [0.25, 0.3) is 16.6 Å². The van der Waals surface area contributed by atoms with Crippen molar-refractivity contribution < 1.29 is 9.18 Å². The van der Waals surface area contributed by atoms with E-state index in [4.69, 9.17) is 5.73 Å². The monoisotopic (exact) mass is 347 g/mol. The minimum absolute atomic E-state index is 0.0361. The molecule has 2 N–H and O–H groups in total. The molecular weight excluding hydrogens is 337 g/mol. The highest BCUT2D eigenvalue weighted by Gasteiger charge is 2.11. The third kappa shape index (κ3) is 2.80. The summed E-state index contributed by atoms with van der Waals surface area (Å²) in [7, 11) is 0. The first-order chi connectivity index (χ1) is 10.0. The number of hydrogen-bond donors (Lipinski definition) is 1. The molecule has 21 heavy (non-hydrogen) atoms. The summed E-state index contributed by atoms with van der Waals surface area (Å²) in [5.74, 6) is -0.922. The highest BCUT2D eigenvalue weighted by Crippen LogP contribution is 2.22. The molecule has 106 valence electrons. The van der Waals surface area contributed by atoms with Gasteiger partial charge in [-0.15, -0.1) is 0 Å². The molecule has 0 radical (unpaired) electrons. The van der Waals surface area contributed by atoms with Gasteiger partial charge in [0.2, 0.25) is 5.91 Å². The number of aromatic nitrogens is 2. The molecule has 1 aromatic heterocycles. The van der Waals surface area contributed by atoms with Gasteiger partial charge in [-0.25, -0.2) is 9.07 Å². The van der Waals surface area contributed by atoms with Crippen LogP contribution in [-0.2, 0) is 11.2 Å². The predicted octanol–water partition coefficient (Wildman–Crippen LogP) is 2.95. The van der Waals surface area contributed by atoms with Crippen molar-refractivity contribution in [1.29, 1.82) is 0 Å². The van der Waals surface area contributed by atoms with Gasteiger partial charge < -0.3 is 5.73 Å². The fourth-order valence-corrected chi connectivity index (χ4v) is 2.48. The van der Waals surface area contributed by atoms with Crippen molar-refractivity contribution in [2.75, 3.05) is 0 Å². The van der Waals surface area contributed by atoms with Crippen molar-refractivity contribution in [2.45, 2.75) is 6.42 Å². The van der Waals surface area contributed by atoms with Gasteiger partial charge in [0.15, 0.2) is 0 Å². The molecule has 2 aromatic carbocycles. The molecular formula is C15H11BrFN3O. The first-order valence-corrected chi connectivity index (χ1v) is 7.04. The van der Waals surface area contributed by atoms with Crippen LogP contribution in [0.1, 0.15) is 5.56 Å². The van der Waals surface area contributed by atoms with E-state index in [1.165, 1.54) is 12.1 Å². The lowest BCUT2D eigenvalue weighted by atomic mass is 10.1. The minimum Gasteiger partial charge on any atom is -0.369 e. The second-order valence-electron chi connectivity index (χ2n) is 4.70. The van der Waals surface area contributed by atoms with Crippen LogP contribution >= 0.6 is 15.9 Å². The molecule has 0 saturated heterocycles.